The Morgan fingerprint density at radius 2 is 1.92 bits per heavy atom. The second-order valence-corrected chi connectivity index (χ2v) is 6.48. The summed E-state index contributed by atoms with van der Waals surface area (Å²) in [6.45, 7) is 1.27. The van der Waals surface area contributed by atoms with Crippen molar-refractivity contribution in [1.29, 1.82) is 0 Å². The largest absolute Gasteiger partial charge is 0.373 e. The summed E-state index contributed by atoms with van der Waals surface area (Å²) in [6.07, 6.45) is 2.73. The van der Waals surface area contributed by atoms with E-state index in [9.17, 15) is 9.18 Å². The molecule has 1 amide bonds. The zero-order chi connectivity index (χ0) is 17.2. The number of nitrogens with zero attached hydrogens (tertiary/aromatic N) is 1. The number of halogens is 1. The summed E-state index contributed by atoms with van der Waals surface area (Å²) in [6, 6.07) is 7.74. The van der Waals surface area contributed by atoms with Gasteiger partial charge in [-0.3, -0.25) is 9.89 Å². The average Bonchev–Trinajstić information content (AvgIpc) is 3.12. The Bertz CT molecular complexity index is 746. The van der Waals surface area contributed by atoms with Crippen LogP contribution in [0.4, 0.5) is 4.39 Å². The van der Waals surface area contributed by atoms with Gasteiger partial charge >= 0.3 is 0 Å². The molecule has 1 saturated heterocycles. The monoisotopic (exact) mass is 345 g/mol. The van der Waals surface area contributed by atoms with E-state index in [1.807, 2.05) is 0 Å². The number of rotatable bonds is 3. The number of aromatic amines is 1. The molecular weight excluding hydrogens is 325 g/mol. The van der Waals surface area contributed by atoms with Crippen LogP contribution >= 0.6 is 0 Å². The Morgan fingerprint density at radius 1 is 1.16 bits per heavy atom. The lowest BCUT2D eigenvalue weighted by Gasteiger charge is -2.38. The number of aromatic nitrogens is 2. The van der Waals surface area contributed by atoms with Crippen LogP contribution in [0.3, 0.4) is 0 Å². The zero-order valence-electron chi connectivity index (χ0n) is 13.7. The lowest BCUT2D eigenvalue weighted by atomic mass is 9.89. The highest BCUT2D eigenvalue weighted by atomic mass is 19.1. The molecule has 0 radical (unpaired) electrons. The number of carbonyl (C=O) groups is 1. The number of amides is 1. The van der Waals surface area contributed by atoms with Crippen LogP contribution in [0.2, 0.25) is 0 Å². The van der Waals surface area contributed by atoms with Crippen LogP contribution in [0.1, 0.15) is 29.8 Å². The normalized spacial score (nSPS) is 26.0. The molecule has 1 aromatic heterocycles. The van der Waals surface area contributed by atoms with E-state index in [2.05, 4.69) is 15.5 Å². The third kappa shape index (κ3) is 3.57. The fraction of sp³-hybridized carbons (Fsp3) is 0.444. The van der Waals surface area contributed by atoms with Crippen LogP contribution in [-0.4, -0.2) is 47.6 Å². The van der Waals surface area contributed by atoms with Crippen molar-refractivity contribution in [1.82, 2.24) is 15.5 Å². The minimum absolute atomic E-state index is 0.0596. The minimum Gasteiger partial charge on any atom is -0.373 e. The molecule has 2 heterocycles. The Hall–Kier alpha value is -2.25. The molecule has 25 heavy (non-hydrogen) atoms. The number of fused-ring (bicyclic) bond motifs is 1. The maximum absolute atomic E-state index is 13.0. The van der Waals surface area contributed by atoms with Crippen molar-refractivity contribution in [3.05, 3.63) is 41.8 Å². The second kappa shape index (κ2) is 6.93. The third-order valence-electron chi connectivity index (χ3n) is 4.78. The summed E-state index contributed by atoms with van der Waals surface area (Å²) in [5.74, 6) is -0.497. The molecule has 0 bridgehead atoms. The molecule has 1 aliphatic heterocycles. The van der Waals surface area contributed by atoms with E-state index < -0.39 is 0 Å². The van der Waals surface area contributed by atoms with Gasteiger partial charge in [0, 0.05) is 11.6 Å². The average molecular weight is 345 g/mol. The molecule has 3 unspecified atom stereocenters. The van der Waals surface area contributed by atoms with E-state index in [1.165, 1.54) is 12.1 Å². The fourth-order valence-corrected chi connectivity index (χ4v) is 3.47. The highest BCUT2D eigenvalue weighted by Gasteiger charge is 2.34. The summed E-state index contributed by atoms with van der Waals surface area (Å²) in [5, 5.41) is 9.93. The first-order valence-electron chi connectivity index (χ1n) is 8.54. The summed E-state index contributed by atoms with van der Waals surface area (Å²) in [5.41, 5.74) is 1.75. The van der Waals surface area contributed by atoms with Crippen LogP contribution in [0.15, 0.2) is 30.3 Å². The van der Waals surface area contributed by atoms with Crippen LogP contribution in [-0.2, 0) is 9.47 Å². The Morgan fingerprint density at radius 3 is 2.72 bits per heavy atom. The summed E-state index contributed by atoms with van der Waals surface area (Å²) in [7, 11) is 0. The number of hydrogen-bond acceptors (Lipinski definition) is 4. The van der Waals surface area contributed by atoms with Gasteiger partial charge in [0.05, 0.1) is 31.1 Å². The highest BCUT2D eigenvalue weighted by molar-refractivity contribution is 5.93. The molecular formula is C18H20FN3O3. The van der Waals surface area contributed by atoms with Gasteiger partial charge in [-0.1, -0.05) is 0 Å². The number of ether oxygens (including phenoxy) is 2. The smallest absolute Gasteiger partial charge is 0.269 e. The van der Waals surface area contributed by atoms with Crippen LogP contribution in [0.5, 0.6) is 0 Å². The number of benzene rings is 1. The van der Waals surface area contributed by atoms with Gasteiger partial charge in [-0.15, -0.1) is 0 Å². The zero-order valence-corrected chi connectivity index (χ0v) is 13.7. The third-order valence-corrected chi connectivity index (χ3v) is 4.78. The van der Waals surface area contributed by atoms with Gasteiger partial charge in [0.1, 0.15) is 11.5 Å². The van der Waals surface area contributed by atoms with Crippen LogP contribution in [0.25, 0.3) is 11.3 Å². The molecule has 2 N–H and O–H groups in total. The molecule has 7 heteroatoms. The molecule has 1 aromatic carbocycles. The van der Waals surface area contributed by atoms with Crippen LogP contribution in [0, 0.1) is 5.82 Å². The maximum atomic E-state index is 13.0. The molecule has 132 valence electrons. The maximum Gasteiger partial charge on any atom is 0.269 e. The Labute approximate surface area is 144 Å². The molecule has 4 rings (SSSR count). The SMILES string of the molecule is O=C(NC1CCC2OCCOC2C1)c1cc(-c2ccc(F)cc2)n[nH]1. The quantitative estimate of drug-likeness (QED) is 0.895. The number of carbonyl (C=O) groups excluding carboxylic acids is 1. The summed E-state index contributed by atoms with van der Waals surface area (Å²) < 4.78 is 24.4. The van der Waals surface area contributed by atoms with Gasteiger partial charge in [0.2, 0.25) is 0 Å². The first-order chi connectivity index (χ1) is 12.2. The molecule has 2 aliphatic rings. The standard InChI is InChI=1S/C18H20FN3O3/c19-12-3-1-11(2-4-12)14-10-15(22-21-14)18(23)20-13-5-6-16-17(9-13)25-8-7-24-16/h1-4,10,13,16-17H,5-9H2,(H,20,23)(H,21,22). The molecule has 1 saturated carbocycles. The lowest BCUT2D eigenvalue weighted by Crippen LogP contribution is -2.49. The van der Waals surface area contributed by atoms with Crippen LogP contribution < -0.4 is 5.32 Å². The fourth-order valence-electron chi connectivity index (χ4n) is 3.47. The number of H-pyrrole nitrogens is 1. The van der Waals surface area contributed by atoms with E-state index in [0.717, 1.165) is 24.8 Å². The van der Waals surface area contributed by atoms with Crippen molar-refractivity contribution in [3.63, 3.8) is 0 Å². The molecule has 2 fully saturated rings. The number of nitrogens with one attached hydrogen (secondary N) is 2. The van der Waals surface area contributed by atoms with Crippen molar-refractivity contribution in [2.75, 3.05) is 13.2 Å². The van der Waals surface area contributed by atoms with E-state index in [-0.39, 0.29) is 30.0 Å². The Kier molecular flexibility index (Phi) is 4.50. The van der Waals surface area contributed by atoms with Crippen molar-refractivity contribution in [3.8, 4) is 11.3 Å². The topological polar surface area (TPSA) is 76.2 Å². The van der Waals surface area contributed by atoms with Gasteiger partial charge in [-0.2, -0.15) is 5.10 Å². The summed E-state index contributed by atoms with van der Waals surface area (Å²) >= 11 is 0. The first kappa shape index (κ1) is 16.2. The molecule has 0 spiro atoms. The molecule has 6 nitrogen and oxygen atoms in total. The van der Waals surface area contributed by atoms with Gasteiger partial charge in [-0.05, 0) is 49.6 Å². The van der Waals surface area contributed by atoms with Gasteiger partial charge in [-0.25, -0.2) is 4.39 Å². The summed E-state index contributed by atoms with van der Waals surface area (Å²) in [4.78, 5) is 12.5. The van der Waals surface area contributed by atoms with Crippen molar-refractivity contribution >= 4 is 5.91 Å². The van der Waals surface area contributed by atoms with E-state index in [1.54, 1.807) is 18.2 Å². The number of hydrogen-bond donors (Lipinski definition) is 2. The highest BCUT2D eigenvalue weighted by Crippen LogP contribution is 2.27. The first-order valence-corrected chi connectivity index (χ1v) is 8.54. The predicted molar refractivity (Wildman–Crippen MR) is 88.6 cm³/mol. The van der Waals surface area contributed by atoms with E-state index in [4.69, 9.17) is 9.47 Å². The van der Waals surface area contributed by atoms with Crippen molar-refractivity contribution in [2.24, 2.45) is 0 Å². The van der Waals surface area contributed by atoms with Crippen molar-refractivity contribution < 1.29 is 18.7 Å². The van der Waals surface area contributed by atoms with Gasteiger partial charge < -0.3 is 14.8 Å². The van der Waals surface area contributed by atoms with E-state index in [0.29, 0.717) is 24.6 Å². The minimum atomic E-state index is -0.304. The molecule has 2 aromatic rings. The predicted octanol–water partition coefficient (Wildman–Crippen LogP) is 2.28. The lowest BCUT2D eigenvalue weighted by molar-refractivity contribution is -0.157. The molecule has 3 atom stereocenters. The Balaban J connectivity index is 1.39. The van der Waals surface area contributed by atoms with Gasteiger partial charge in [0.15, 0.2) is 0 Å². The second-order valence-electron chi connectivity index (χ2n) is 6.48. The van der Waals surface area contributed by atoms with E-state index >= 15 is 0 Å². The van der Waals surface area contributed by atoms with Gasteiger partial charge in [0.25, 0.3) is 5.91 Å². The van der Waals surface area contributed by atoms with Crippen molar-refractivity contribution in [2.45, 2.75) is 37.5 Å². The molecule has 1 aliphatic carbocycles.